The van der Waals surface area contributed by atoms with Crippen LogP contribution in [-0.4, -0.2) is 16.8 Å². The Morgan fingerprint density at radius 1 is 1.04 bits per heavy atom. The first-order chi connectivity index (χ1) is 11.2. The van der Waals surface area contributed by atoms with Crippen molar-refractivity contribution in [1.82, 2.24) is 4.90 Å². The molecule has 0 aliphatic heterocycles. The average molecular weight is 309 g/mol. The minimum atomic E-state index is -0.289. The minimum absolute atomic E-state index is 0.0549. The van der Waals surface area contributed by atoms with Gasteiger partial charge in [-0.25, -0.2) is 4.39 Å². The monoisotopic (exact) mass is 309 g/mol. The van der Waals surface area contributed by atoms with E-state index in [0.717, 1.165) is 25.7 Å². The number of rotatable bonds is 4. The van der Waals surface area contributed by atoms with E-state index in [1.54, 1.807) is 18.2 Å². The van der Waals surface area contributed by atoms with Gasteiger partial charge in [-0.2, -0.15) is 0 Å². The van der Waals surface area contributed by atoms with E-state index in [2.05, 4.69) is 18.2 Å². The third-order valence-electron chi connectivity index (χ3n) is 4.96. The molecule has 0 N–H and O–H groups in total. The van der Waals surface area contributed by atoms with Gasteiger partial charge in [0.15, 0.2) is 0 Å². The molecule has 0 radical (unpaired) electrons. The molecule has 0 spiro atoms. The lowest BCUT2D eigenvalue weighted by atomic mass is 10.0. The molecule has 1 fully saturated rings. The van der Waals surface area contributed by atoms with Crippen LogP contribution in [0.4, 0.5) is 4.39 Å². The van der Waals surface area contributed by atoms with Gasteiger partial charge in [0.2, 0.25) is 5.91 Å². The van der Waals surface area contributed by atoms with Gasteiger partial charge in [-0.3, -0.25) is 4.79 Å². The number of benzene rings is 2. The number of aryl methyl sites for hydroxylation is 1. The van der Waals surface area contributed by atoms with Crippen LogP contribution in [0.3, 0.4) is 0 Å². The molecule has 2 aromatic carbocycles. The molecule has 0 bridgehead atoms. The number of carbonyl (C=O) groups excluding carboxylic acids is 1. The van der Waals surface area contributed by atoms with E-state index in [1.807, 2.05) is 11.0 Å². The zero-order valence-electron chi connectivity index (χ0n) is 13.0. The molecule has 23 heavy (non-hydrogen) atoms. The van der Waals surface area contributed by atoms with Crippen molar-refractivity contribution in [3.05, 3.63) is 71.0 Å². The van der Waals surface area contributed by atoms with Gasteiger partial charge in [0, 0.05) is 6.04 Å². The fourth-order valence-electron chi connectivity index (χ4n) is 3.70. The van der Waals surface area contributed by atoms with E-state index in [-0.39, 0.29) is 24.2 Å². The fourth-order valence-corrected chi connectivity index (χ4v) is 3.70. The third kappa shape index (κ3) is 2.76. The lowest BCUT2D eigenvalue weighted by Gasteiger charge is -2.30. The molecule has 118 valence electrons. The summed E-state index contributed by atoms with van der Waals surface area (Å²) in [6.45, 7) is 0. The van der Waals surface area contributed by atoms with Crippen molar-refractivity contribution in [3.63, 3.8) is 0 Å². The SMILES string of the molecule is O=C(Cc1ccccc1F)N(C1CC1)C1CCc2ccccc21. The Hall–Kier alpha value is -2.16. The van der Waals surface area contributed by atoms with Crippen LogP contribution in [0.2, 0.25) is 0 Å². The molecule has 1 amide bonds. The summed E-state index contributed by atoms with van der Waals surface area (Å²) in [6.07, 6.45) is 4.31. The molecule has 0 saturated heterocycles. The molecule has 2 aromatic rings. The first-order valence-corrected chi connectivity index (χ1v) is 8.36. The molecule has 0 heterocycles. The third-order valence-corrected chi connectivity index (χ3v) is 4.96. The maximum absolute atomic E-state index is 13.9. The molecule has 2 aliphatic rings. The Kier molecular flexibility index (Phi) is 3.64. The molecule has 1 atom stereocenters. The largest absolute Gasteiger partial charge is 0.332 e. The number of halogens is 1. The highest BCUT2D eigenvalue weighted by atomic mass is 19.1. The summed E-state index contributed by atoms with van der Waals surface area (Å²) in [7, 11) is 0. The van der Waals surface area contributed by atoms with E-state index in [0.29, 0.717) is 11.6 Å². The normalized spacial score (nSPS) is 19.4. The standard InChI is InChI=1S/C20H20FNO/c21-18-8-4-2-6-15(18)13-20(23)22(16-10-11-16)19-12-9-14-5-1-3-7-17(14)19/h1-8,16,19H,9-13H2. The first-order valence-electron chi connectivity index (χ1n) is 8.36. The summed E-state index contributed by atoms with van der Waals surface area (Å²) in [5.74, 6) is -0.234. The maximum atomic E-state index is 13.9. The van der Waals surface area contributed by atoms with Crippen LogP contribution < -0.4 is 0 Å². The van der Waals surface area contributed by atoms with Crippen LogP contribution in [0.25, 0.3) is 0 Å². The topological polar surface area (TPSA) is 20.3 Å². The van der Waals surface area contributed by atoms with E-state index in [1.165, 1.54) is 17.2 Å². The second-order valence-corrected chi connectivity index (χ2v) is 6.55. The van der Waals surface area contributed by atoms with Crippen molar-refractivity contribution in [2.75, 3.05) is 0 Å². The van der Waals surface area contributed by atoms with E-state index in [4.69, 9.17) is 0 Å². The molecular weight excluding hydrogens is 289 g/mol. The van der Waals surface area contributed by atoms with Gasteiger partial charge in [-0.15, -0.1) is 0 Å². The van der Waals surface area contributed by atoms with Crippen molar-refractivity contribution in [2.45, 2.75) is 44.2 Å². The van der Waals surface area contributed by atoms with Crippen LogP contribution in [0.15, 0.2) is 48.5 Å². The quantitative estimate of drug-likeness (QED) is 0.834. The van der Waals surface area contributed by atoms with Crippen LogP contribution in [0.5, 0.6) is 0 Å². The average Bonchev–Trinajstić information content (AvgIpc) is 3.30. The number of nitrogens with zero attached hydrogens (tertiary/aromatic N) is 1. The van der Waals surface area contributed by atoms with Crippen molar-refractivity contribution in [3.8, 4) is 0 Å². The van der Waals surface area contributed by atoms with E-state index in [9.17, 15) is 9.18 Å². The summed E-state index contributed by atoms with van der Waals surface area (Å²) in [6, 6.07) is 15.5. The summed E-state index contributed by atoms with van der Waals surface area (Å²) in [5, 5.41) is 0. The van der Waals surface area contributed by atoms with Crippen LogP contribution in [0.1, 0.15) is 42.0 Å². The number of carbonyl (C=O) groups is 1. The van der Waals surface area contributed by atoms with Crippen molar-refractivity contribution in [1.29, 1.82) is 0 Å². The van der Waals surface area contributed by atoms with Crippen molar-refractivity contribution in [2.24, 2.45) is 0 Å². The van der Waals surface area contributed by atoms with Crippen LogP contribution in [-0.2, 0) is 17.6 Å². The van der Waals surface area contributed by atoms with Gasteiger partial charge >= 0.3 is 0 Å². The van der Waals surface area contributed by atoms with Gasteiger partial charge in [-0.05, 0) is 48.4 Å². The van der Waals surface area contributed by atoms with Crippen LogP contribution in [0, 0.1) is 5.82 Å². The highest BCUT2D eigenvalue weighted by Crippen LogP contribution is 2.42. The van der Waals surface area contributed by atoms with Gasteiger partial charge in [-0.1, -0.05) is 42.5 Å². The minimum Gasteiger partial charge on any atom is -0.332 e. The lowest BCUT2D eigenvalue weighted by molar-refractivity contribution is -0.133. The van der Waals surface area contributed by atoms with Gasteiger partial charge in [0.1, 0.15) is 5.82 Å². The highest BCUT2D eigenvalue weighted by Gasteiger charge is 2.40. The lowest BCUT2D eigenvalue weighted by Crippen LogP contribution is -2.37. The molecule has 3 heteroatoms. The zero-order chi connectivity index (χ0) is 15.8. The Labute approximate surface area is 135 Å². The zero-order valence-corrected chi connectivity index (χ0v) is 13.0. The molecule has 1 unspecified atom stereocenters. The summed E-state index contributed by atoms with van der Waals surface area (Å²) in [4.78, 5) is 14.9. The Balaban J connectivity index is 1.60. The van der Waals surface area contributed by atoms with Crippen LogP contribution >= 0.6 is 0 Å². The first kappa shape index (κ1) is 14.4. The van der Waals surface area contributed by atoms with Crippen molar-refractivity contribution >= 4 is 5.91 Å². The number of fused-ring (bicyclic) bond motifs is 1. The Bertz CT molecular complexity index is 738. The molecule has 2 aliphatic carbocycles. The Morgan fingerprint density at radius 3 is 2.57 bits per heavy atom. The molecule has 0 aromatic heterocycles. The van der Waals surface area contributed by atoms with Crippen molar-refractivity contribution < 1.29 is 9.18 Å². The summed E-state index contributed by atoms with van der Waals surface area (Å²) >= 11 is 0. The number of hydrogen-bond donors (Lipinski definition) is 0. The predicted molar refractivity (Wildman–Crippen MR) is 87.5 cm³/mol. The second-order valence-electron chi connectivity index (χ2n) is 6.55. The fraction of sp³-hybridized carbons (Fsp3) is 0.350. The number of hydrogen-bond acceptors (Lipinski definition) is 1. The molecule has 1 saturated carbocycles. The second kappa shape index (κ2) is 5.80. The molecule has 2 nitrogen and oxygen atoms in total. The smallest absolute Gasteiger partial charge is 0.227 e. The Morgan fingerprint density at radius 2 is 1.78 bits per heavy atom. The van der Waals surface area contributed by atoms with E-state index < -0.39 is 0 Å². The molecular formula is C20H20FNO. The maximum Gasteiger partial charge on any atom is 0.227 e. The number of amides is 1. The highest BCUT2D eigenvalue weighted by molar-refractivity contribution is 5.80. The summed E-state index contributed by atoms with van der Waals surface area (Å²) in [5.41, 5.74) is 3.12. The van der Waals surface area contributed by atoms with Gasteiger partial charge in [0.25, 0.3) is 0 Å². The van der Waals surface area contributed by atoms with E-state index >= 15 is 0 Å². The summed E-state index contributed by atoms with van der Waals surface area (Å²) < 4.78 is 13.9. The van der Waals surface area contributed by atoms with Gasteiger partial charge < -0.3 is 4.90 Å². The molecule has 4 rings (SSSR count). The predicted octanol–water partition coefficient (Wildman–Crippen LogP) is 4.05. The van der Waals surface area contributed by atoms with Gasteiger partial charge in [0.05, 0.1) is 12.5 Å².